The molecule has 0 aromatic heterocycles. The Morgan fingerprint density at radius 2 is 1.45 bits per heavy atom. The lowest BCUT2D eigenvalue weighted by Crippen LogP contribution is -1.94. The van der Waals surface area contributed by atoms with Crippen LogP contribution in [0.15, 0.2) is 72.3 Å². The Balaban J connectivity index is 0.000000217. The first kappa shape index (κ1) is 16.1. The molecule has 0 bridgehead atoms. The lowest BCUT2D eigenvalue weighted by molar-refractivity contribution is 0.325. The fourth-order valence-corrected chi connectivity index (χ4v) is 1.51. The van der Waals surface area contributed by atoms with Crippen LogP contribution in [0, 0.1) is 0 Å². The Kier molecular flexibility index (Phi) is 8.82. The van der Waals surface area contributed by atoms with Crippen LogP contribution in [-0.2, 0) is 0 Å². The van der Waals surface area contributed by atoms with Crippen molar-refractivity contribution in [3.05, 3.63) is 72.3 Å². The Morgan fingerprint density at radius 3 is 1.90 bits per heavy atom. The van der Waals surface area contributed by atoms with Crippen LogP contribution in [0.2, 0.25) is 0 Å². The van der Waals surface area contributed by atoms with Gasteiger partial charge in [-0.25, -0.2) is 0 Å². The lowest BCUT2D eigenvalue weighted by Gasteiger charge is -2.02. The predicted octanol–water partition coefficient (Wildman–Crippen LogP) is 4.90. The summed E-state index contributed by atoms with van der Waals surface area (Å²) in [7, 11) is 1.66. The van der Waals surface area contributed by atoms with Gasteiger partial charge < -0.3 is 9.47 Å². The summed E-state index contributed by atoms with van der Waals surface area (Å²) in [5.74, 6) is 1.81. The van der Waals surface area contributed by atoms with Crippen molar-refractivity contribution in [3.63, 3.8) is 0 Å². The molecule has 0 radical (unpaired) electrons. The first-order valence-corrected chi connectivity index (χ1v) is 6.82. The molecular formula is C17H19ClO2. The standard InChI is InChI=1S/C10H11ClO.C7H8O/c11-8-4-5-9-12-10-6-2-1-3-7-10;1-8-7-5-3-2-4-6-7/h1-4,6-8H,5,9H2;2-6H,1H3. The maximum Gasteiger partial charge on any atom is 0.119 e. The van der Waals surface area contributed by atoms with E-state index in [0.717, 1.165) is 17.9 Å². The summed E-state index contributed by atoms with van der Waals surface area (Å²) >= 11 is 5.35. The predicted molar refractivity (Wildman–Crippen MR) is 84.5 cm³/mol. The zero-order chi connectivity index (χ0) is 14.5. The fourth-order valence-electron chi connectivity index (χ4n) is 1.38. The van der Waals surface area contributed by atoms with Gasteiger partial charge >= 0.3 is 0 Å². The van der Waals surface area contributed by atoms with Crippen LogP contribution in [0.25, 0.3) is 0 Å². The molecule has 0 unspecified atom stereocenters. The maximum absolute atomic E-state index is 5.40. The topological polar surface area (TPSA) is 18.5 Å². The molecule has 2 aromatic rings. The van der Waals surface area contributed by atoms with Gasteiger partial charge in [-0.05, 0) is 24.3 Å². The summed E-state index contributed by atoms with van der Waals surface area (Å²) in [5.41, 5.74) is 1.51. The molecule has 0 aliphatic heterocycles. The highest BCUT2D eigenvalue weighted by molar-refractivity contribution is 6.25. The van der Waals surface area contributed by atoms with Crippen LogP contribution < -0.4 is 9.47 Å². The van der Waals surface area contributed by atoms with E-state index in [0.29, 0.717) is 6.61 Å². The average Bonchev–Trinajstić information content (AvgIpc) is 2.54. The van der Waals surface area contributed by atoms with E-state index in [1.165, 1.54) is 5.54 Å². The average molecular weight is 291 g/mol. The third-order valence-corrected chi connectivity index (χ3v) is 2.54. The SMILES string of the molecule is COc1ccccc1.ClC=CCCOc1ccccc1. The summed E-state index contributed by atoms with van der Waals surface area (Å²) < 4.78 is 10.3. The van der Waals surface area contributed by atoms with E-state index in [9.17, 15) is 0 Å². The van der Waals surface area contributed by atoms with Gasteiger partial charge in [0, 0.05) is 12.0 Å². The number of rotatable bonds is 5. The summed E-state index contributed by atoms with van der Waals surface area (Å²) in [6, 6.07) is 19.4. The van der Waals surface area contributed by atoms with Gasteiger partial charge in [-0.2, -0.15) is 0 Å². The van der Waals surface area contributed by atoms with Crippen molar-refractivity contribution in [2.75, 3.05) is 13.7 Å². The number of halogens is 1. The van der Waals surface area contributed by atoms with Gasteiger partial charge in [0.1, 0.15) is 11.5 Å². The van der Waals surface area contributed by atoms with E-state index in [1.54, 1.807) is 7.11 Å². The molecule has 20 heavy (non-hydrogen) atoms. The number of para-hydroxylation sites is 2. The molecule has 0 spiro atoms. The molecule has 0 saturated carbocycles. The largest absolute Gasteiger partial charge is 0.497 e. The summed E-state index contributed by atoms with van der Waals surface area (Å²) in [5, 5.41) is 0. The van der Waals surface area contributed by atoms with E-state index in [4.69, 9.17) is 21.1 Å². The smallest absolute Gasteiger partial charge is 0.119 e. The Morgan fingerprint density at radius 1 is 0.900 bits per heavy atom. The minimum Gasteiger partial charge on any atom is -0.497 e. The second kappa shape index (κ2) is 10.9. The monoisotopic (exact) mass is 290 g/mol. The second-order valence-electron chi connectivity index (χ2n) is 3.83. The zero-order valence-corrected chi connectivity index (χ0v) is 12.3. The highest BCUT2D eigenvalue weighted by atomic mass is 35.5. The van der Waals surface area contributed by atoms with E-state index >= 15 is 0 Å². The van der Waals surface area contributed by atoms with Crippen LogP contribution in [0.4, 0.5) is 0 Å². The van der Waals surface area contributed by atoms with Crippen LogP contribution >= 0.6 is 11.6 Å². The number of hydrogen-bond acceptors (Lipinski definition) is 2. The van der Waals surface area contributed by atoms with E-state index in [2.05, 4.69) is 0 Å². The zero-order valence-electron chi connectivity index (χ0n) is 11.5. The lowest BCUT2D eigenvalue weighted by atomic mass is 10.3. The molecule has 0 saturated heterocycles. The van der Waals surface area contributed by atoms with Crippen LogP contribution in [0.1, 0.15) is 6.42 Å². The normalized spacial score (nSPS) is 9.70. The number of hydrogen-bond donors (Lipinski definition) is 0. The molecular weight excluding hydrogens is 272 g/mol. The van der Waals surface area contributed by atoms with Gasteiger partial charge in [0.2, 0.25) is 0 Å². The van der Waals surface area contributed by atoms with E-state index in [1.807, 2.05) is 66.7 Å². The van der Waals surface area contributed by atoms with Crippen molar-refractivity contribution < 1.29 is 9.47 Å². The number of methoxy groups -OCH3 is 1. The van der Waals surface area contributed by atoms with Crippen LogP contribution in [-0.4, -0.2) is 13.7 Å². The van der Waals surface area contributed by atoms with Gasteiger partial charge in [-0.3, -0.25) is 0 Å². The third kappa shape index (κ3) is 7.49. The Labute approximate surface area is 125 Å². The molecule has 3 heteroatoms. The minimum atomic E-state index is 0.674. The van der Waals surface area contributed by atoms with E-state index < -0.39 is 0 Å². The van der Waals surface area contributed by atoms with Crippen molar-refractivity contribution in [2.24, 2.45) is 0 Å². The first-order chi connectivity index (χ1) is 9.86. The minimum absolute atomic E-state index is 0.674. The molecule has 106 valence electrons. The third-order valence-electron chi connectivity index (χ3n) is 2.36. The summed E-state index contributed by atoms with van der Waals surface area (Å²) in [6.45, 7) is 0.674. The molecule has 0 aliphatic carbocycles. The molecule has 0 heterocycles. The summed E-state index contributed by atoms with van der Waals surface area (Å²) in [6.07, 6.45) is 2.71. The van der Waals surface area contributed by atoms with Crippen molar-refractivity contribution in [2.45, 2.75) is 6.42 Å². The highest BCUT2D eigenvalue weighted by Crippen LogP contribution is 2.08. The van der Waals surface area contributed by atoms with Gasteiger partial charge in [0.25, 0.3) is 0 Å². The van der Waals surface area contributed by atoms with Gasteiger partial charge in [-0.1, -0.05) is 54.1 Å². The van der Waals surface area contributed by atoms with Gasteiger partial charge in [-0.15, -0.1) is 0 Å². The molecule has 0 aliphatic rings. The Hall–Kier alpha value is -1.93. The maximum atomic E-state index is 5.40. The van der Waals surface area contributed by atoms with Crippen LogP contribution in [0.3, 0.4) is 0 Å². The van der Waals surface area contributed by atoms with Crippen molar-refractivity contribution in [3.8, 4) is 11.5 Å². The number of ether oxygens (including phenoxy) is 2. The van der Waals surface area contributed by atoms with Crippen molar-refractivity contribution in [1.82, 2.24) is 0 Å². The first-order valence-electron chi connectivity index (χ1n) is 6.39. The fraction of sp³-hybridized carbons (Fsp3) is 0.176. The molecule has 2 nitrogen and oxygen atoms in total. The molecule has 0 amide bonds. The molecule has 0 atom stereocenters. The summed E-state index contributed by atoms with van der Waals surface area (Å²) in [4.78, 5) is 0. The van der Waals surface area contributed by atoms with Crippen molar-refractivity contribution in [1.29, 1.82) is 0 Å². The highest BCUT2D eigenvalue weighted by Gasteiger charge is 1.87. The molecule has 0 N–H and O–H groups in total. The second-order valence-corrected chi connectivity index (χ2v) is 4.08. The quantitative estimate of drug-likeness (QED) is 0.729. The Bertz CT molecular complexity index is 469. The van der Waals surface area contributed by atoms with E-state index in [-0.39, 0.29) is 0 Å². The number of benzene rings is 2. The molecule has 2 aromatic carbocycles. The molecule has 2 rings (SSSR count). The van der Waals surface area contributed by atoms with Gasteiger partial charge in [0.05, 0.1) is 13.7 Å². The van der Waals surface area contributed by atoms with Crippen molar-refractivity contribution >= 4 is 11.6 Å². The van der Waals surface area contributed by atoms with Gasteiger partial charge in [0.15, 0.2) is 0 Å². The van der Waals surface area contributed by atoms with Crippen LogP contribution in [0.5, 0.6) is 11.5 Å². The molecule has 0 fully saturated rings.